The third-order valence-corrected chi connectivity index (χ3v) is 2.15. The molecule has 1 aromatic heterocycles. The summed E-state index contributed by atoms with van der Waals surface area (Å²) in [4.78, 5) is 0. The molecule has 0 radical (unpaired) electrons. The van der Waals surface area contributed by atoms with E-state index in [2.05, 4.69) is 10.2 Å². The van der Waals surface area contributed by atoms with Crippen LogP contribution in [-0.2, 0) is 0 Å². The predicted octanol–water partition coefficient (Wildman–Crippen LogP) is 2.45. The molecule has 0 bridgehead atoms. The Bertz CT molecular complexity index is 486. The van der Waals surface area contributed by atoms with Gasteiger partial charge in [-0.05, 0) is 25.1 Å². The van der Waals surface area contributed by atoms with Crippen molar-refractivity contribution >= 4 is 17.6 Å². The van der Waals surface area contributed by atoms with Gasteiger partial charge in [-0.15, -0.1) is 5.10 Å². The van der Waals surface area contributed by atoms with Crippen molar-refractivity contribution in [1.29, 1.82) is 0 Å². The van der Waals surface area contributed by atoms with Gasteiger partial charge in [-0.25, -0.2) is 0 Å². The topological polar surface area (TPSA) is 74.2 Å². The van der Waals surface area contributed by atoms with Gasteiger partial charge in [0, 0.05) is 5.02 Å². The molecule has 16 heavy (non-hydrogen) atoms. The summed E-state index contributed by atoms with van der Waals surface area (Å²) >= 11 is 5.83. The molecule has 2 aromatic rings. The Kier molecular flexibility index (Phi) is 2.96. The van der Waals surface area contributed by atoms with Gasteiger partial charge in [-0.2, -0.15) is 0 Å². The monoisotopic (exact) mass is 239 g/mol. The van der Waals surface area contributed by atoms with E-state index in [1.54, 1.807) is 31.2 Å². The molecular weight excluding hydrogens is 230 g/mol. The van der Waals surface area contributed by atoms with Crippen LogP contribution in [0.25, 0.3) is 0 Å². The Hall–Kier alpha value is -1.75. The molecule has 0 amide bonds. The van der Waals surface area contributed by atoms with Crippen molar-refractivity contribution in [3.8, 4) is 5.75 Å². The van der Waals surface area contributed by atoms with Crippen LogP contribution in [0.1, 0.15) is 18.9 Å². The van der Waals surface area contributed by atoms with Crippen molar-refractivity contribution < 1.29 is 9.15 Å². The largest absolute Gasteiger partial charge is 0.481 e. The zero-order valence-electron chi connectivity index (χ0n) is 8.55. The van der Waals surface area contributed by atoms with Gasteiger partial charge in [0.15, 0.2) is 6.10 Å². The Morgan fingerprint density at radius 3 is 2.88 bits per heavy atom. The van der Waals surface area contributed by atoms with Gasteiger partial charge in [0.05, 0.1) is 0 Å². The van der Waals surface area contributed by atoms with Crippen LogP contribution in [0.15, 0.2) is 28.7 Å². The van der Waals surface area contributed by atoms with E-state index in [1.807, 2.05) is 0 Å². The number of ether oxygens (including phenoxy) is 1. The fourth-order valence-electron chi connectivity index (χ4n) is 1.21. The highest BCUT2D eigenvalue weighted by atomic mass is 35.5. The lowest BCUT2D eigenvalue weighted by Gasteiger charge is -2.10. The van der Waals surface area contributed by atoms with Gasteiger partial charge in [0.1, 0.15) is 5.75 Å². The quantitative estimate of drug-likeness (QED) is 0.891. The molecule has 2 N–H and O–H groups in total. The standard InChI is InChI=1S/C10H10ClN3O2/c1-6(9-13-14-10(12)16-9)15-8-4-2-3-7(11)5-8/h2-6H,1H3,(H2,12,14)/t6-/m0/s1. The van der Waals surface area contributed by atoms with Gasteiger partial charge < -0.3 is 14.9 Å². The van der Waals surface area contributed by atoms with Crippen LogP contribution < -0.4 is 10.5 Å². The minimum atomic E-state index is -0.372. The highest BCUT2D eigenvalue weighted by Crippen LogP contribution is 2.23. The smallest absolute Gasteiger partial charge is 0.312 e. The molecule has 0 aliphatic heterocycles. The minimum absolute atomic E-state index is 0.0246. The zero-order chi connectivity index (χ0) is 11.5. The second-order valence-corrected chi connectivity index (χ2v) is 3.63. The molecule has 5 nitrogen and oxygen atoms in total. The SMILES string of the molecule is C[C@H](Oc1cccc(Cl)c1)c1nnc(N)o1. The zero-order valence-corrected chi connectivity index (χ0v) is 9.31. The van der Waals surface area contributed by atoms with E-state index in [-0.39, 0.29) is 12.1 Å². The van der Waals surface area contributed by atoms with Gasteiger partial charge in [-0.3, -0.25) is 0 Å². The lowest BCUT2D eigenvalue weighted by molar-refractivity contribution is 0.190. The number of rotatable bonds is 3. The van der Waals surface area contributed by atoms with Crippen molar-refractivity contribution in [3.05, 3.63) is 35.2 Å². The van der Waals surface area contributed by atoms with Crippen LogP contribution in [0.3, 0.4) is 0 Å². The summed E-state index contributed by atoms with van der Waals surface area (Å²) in [5.74, 6) is 0.967. The summed E-state index contributed by atoms with van der Waals surface area (Å²) in [5.41, 5.74) is 5.32. The first kappa shape index (κ1) is 10.8. The highest BCUT2D eigenvalue weighted by molar-refractivity contribution is 6.30. The van der Waals surface area contributed by atoms with E-state index < -0.39 is 0 Å². The number of nitrogens with two attached hydrogens (primary N) is 1. The third kappa shape index (κ3) is 2.43. The second kappa shape index (κ2) is 4.40. The Balaban J connectivity index is 2.10. The minimum Gasteiger partial charge on any atom is -0.481 e. The number of anilines is 1. The maximum Gasteiger partial charge on any atom is 0.312 e. The van der Waals surface area contributed by atoms with Crippen LogP contribution in [-0.4, -0.2) is 10.2 Å². The maximum absolute atomic E-state index is 5.83. The molecule has 0 unspecified atom stereocenters. The lowest BCUT2D eigenvalue weighted by atomic mass is 10.3. The number of nitrogens with zero attached hydrogens (tertiary/aromatic N) is 2. The van der Waals surface area contributed by atoms with Crippen molar-refractivity contribution in [3.63, 3.8) is 0 Å². The summed E-state index contributed by atoms with van der Waals surface area (Å²) in [6, 6.07) is 7.09. The molecule has 0 aliphatic rings. The number of nitrogen functional groups attached to an aromatic ring is 1. The predicted molar refractivity (Wildman–Crippen MR) is 59.2 cm³/mol. The number of benzene rings is 1. The summed E-state index contributed by atoms with van der Waals surface area (Å²) in [7, 11) is 0. The number of hydrogen-bond acceptors (Lipinski definition) is 5. The van der Waals surface area contributed by atoms with Crippen LogP contribution in [0.4, 0.5) is 6.01 Å². The maximum atomic E-state index is 5.83. The fourth-order valence-corrected chi connectivity index (χ4v) is 1.39. The Labute approximate surface area is 97.2 Å². The molecule has 0 aliphatic carbocycles. The Morgan fingerprint density at radius 1 is 1.44 bits per heavy atom. The van der Waals surface area contributed by atoms with E-state index >= 15 is 0 Å². The number of aromatic nitrogens is 2. The molecule has 84 valence electrons. The first-order valence-corrected chi connectivity index (χ1v) is 5.04. The normalized spacial score (nSPS) is 12.4. The average molecular weight is 240 g/mol. The van der Waals surface area contributed by atoms with Gasteiger partial charge in [0.25, 0.3) is 5.89 Å². The Morgan fingerprint density at radius 2 is 2.25 bits per heavy atom. The lowest BCUT2D eigenvalue weighted by Crippen LogP contribution is -2.03. The second-order valence-electron chi connectivity index (χ2n) is 3.20. The van der Waals surface area contributed by atoms with Crippen molar-refractivity contribution in [2.75, 3.05) is 5.73 Å². The van der Waals surface area contributed by atoms with Crippen LogP contribution in [0.2, 0.25) is 5.02 Å². The first-order chi connectivity index (χ1) is 7.65. The molecule has 2 rings (SSSR count). The van der Waals surface area contributed by atoms with E-state index in [0.717, 1.165) is 0 Å². The van der Waals surface area contributed by atoms with Crippen molar-refractivity contribution in [1.82, 2.24) is 10.2 Å². The number of hydrogen-bond donors (Lipinski definition) is 1. The summed E-state index contributed by atoms with van der Waals surface area (Å²) in [6.07, 6.45) is -0.372. The first-order valence-electron chi connectivity index (χ1n) is 4.66. The van der Waals surface area contributed by atoms with E-state index in [4.69, 9.17) is 26.5 Å². The van der Waals surface area contributed by atoms with Gasteiger partial charge in [0.2, 0.25) is 0 Å². The van der Waals surface area contributed by atoms with Crippen LogP contribution in [0, 0.1) is 0 Å². The van der Waals surface area contributed by atoms with Gasteiger partial charge >= 0.3 is 6.01 Å². The molecule has 1 aromatic carbocycles. The van der Waals surface area contributed by atoms with Crippen molar-refractivity contribution in [2.45, 2.75) is 13.0 Å². The molecule has 1 heterocycles. The molecule has 0 saturated carbocycles. The fraction of sp³-hybridized carbons (Fsp3) is 0.200. The van der Waals surface area contributed by atoms with Crippen LogP contribution in [0.5, 0.6) is 5.75 Å². The van der Waals surface area contributed by atoms with E-state index in [0.29, 0.717) is 16.7 Å². The number of halogens is 1. The summed E-state index contributed by atoms with van der Waals surface area (Å²) in [5, 5.41) is 7.89. The summed E-state index contributed by atoms with van der Waals surface area (Å²) < 4.78 is 10.6. The van der Waals surface area contributed by atoms with Crippen LogP contribution >= 0.6 is 11.6 Å². The summed E-state index contributed by atoms with van der Waals surface area (Å²) in [6.45, 7) is 1.79. The molecule has 0 saturated heterocycles. The molecule has 0 spiro atoms. The van der Waals surface area contributed by atoms with Gasteiger partial charge in [-0.1, -0.05) is 22.8 Å². The van der Waals surface area contributed by atoms with E-state index in [1.165, 1.54) is 0 Å². The molecule has 0 fully saturated rings. The average Bonchev–Trinajstić information content (AvgIpc) is 2.65. The molecule has 1 atom stereocenters. The molecular formula is C10H10ClN3O2. The highest BCUT2D eigenvalue weighted by Gasteiger charge is 2.14. The molecule has 6 heteroatoms. The van der Waals surface area contributed by atoms with E-state index in [9.17, 15) is 0 Å². The third-order valence-electron chi connectivity index (χ3n) is 1.91. The van der Waals surface area contributed by atoms with Crippen molar-refractivity contribution in [2.24, 2.45) is 0 Å².